The summed E-state index contributed by atoms with van der Waals surface area (Å²) in [5.41, 5.74) is 2.21. The smallest absolute Gasteiger partial charge is 0.261 e. The highest BCUT2D eigenvalue weighted by atomic mass is 35.5. The minimum Gasteiger partial charge on any atom is -0.497 e. The van der Waals surface area contributed by atoms with Gasteiger partial charge in [0.15, 0.2) is 6.61 Å². The quantitative estimate of drug-likeness (QED) is 0.288. The van der Waals surface area contributed by atoms with Gasteiger partial charge in [0.25, 0.3) is 5.91 Å². The summed E-state index contributed by atoms with van der Waals surface area (Å²) in [6, 6.07) is 28.1. The van der Waals surface area contributed by atoms with Gasteiger partial charge in [0.05, 0.1) is 24.4 Å². The number of hydrogen-bond acceptors (Lipinski definition) is 5. The molecule has 0 aliphatic heterocycles. The van der Waals surface area contributed by atoms with Crippen molar-refractivity contribution in [3.05, 3.63) is 125 Å². The first-order valence-electron chi connectivity index (χ1n) is 12.1. The highest BCUT2D eigenvalue weighted by Crippen LogP contribution is 2.27. The highest BCUT2D eigenvalue weighted by molar-refractivity contribution is 6.32. The SMILES string of the molecule is COc1ccc(CN(C(=O)COc2ccccc2Cl)[C@H](C(=O)NCc2ccccn2)c2ccccc2)cc1. The number of methoxy groups -OCH3 is 1. The van der Waals surface area contributed by atoms with Crippen molar-refractivity contribution in [2.24, 2.45) is 0 Å². The summed E-state index contributed by atoms with van der Waals surface area (Å²) in [5, 5.41) is 3.34. The normalized spacial score (nSPS) is 11.3. The lowest BCUT2D eigenvalue weighted by Gasteiger charge is -2.31. The minimum absolute atomic E-state index is 0.172. The largest absolute Gasteiger partial charge is 0.497 e. The van der Waals surface area contributed by atoms with E-state index in [1.165, 1.54) is 4.90 Å². The van der Waals surface area contributed by atoms with Crippen LogP contribution < -0.4 is 14.8 Å². The van der Waals surface area contributed by atoms with E-state index in [4.69, 9.17) is 21.1 Å². The molecule has 0 radical (unpaired) electrons. The van der Waals surface area contributed by atoms with Crippen molar-refractivity contribution in [2.75, 3.05) is 13.7 Å². The number of pyridine rings is 1. The lowest BCUT2D eigenvalue weighted by Crippen LogP contribution is -2.45. The summed E-state index contributed by atoms with van der Waals surface area (Å²) >= 11 is 6.22. The Morgan fingerprint density at radius 2 is 1.63 bits per heavy atom. The van der Waals surface area contributed by atoms with E-state index in [1.807, 2.05) is 72.8 Å². The molecule has 4 rings (SSSR count). The number of hydrogen-bond donors (Lipinski definition) is 1. The Hall–Kier alpha value is -4.36. The predicted octanol–water partition coefficient (Wildman–Crippen LogP) is 5.21. The zero-order valence-electron chi connectivity index (χ0n) is 20.9. The Labute approximate surface area is 227 Å². The van der Waals surface area contributed by atoms with Gasteiger partial charge in [0.1, 0.15) is 17.5 Å². The molecule has 0 unspecified atom stereocenters. The molecule has 2 amide bonds. The van der Waals surface area contributed by atoms with Crippen LogP contribution in [0.3, 0.4) is 0 Å². The second kappa shape index (κ2) is 13.3. The summed E-state index contributed by atoms with van der Waals surface area (Å²) < 4.78 is 11.0. The van der Waals surface area contributed by atoms with Crippen molar-refractivity contribution in [1.29, 1.82) is 0 Å². The van der Waals surface area contributed by atoms with E-state index in [-0.39, 0.29) is 31.5 Å². The van der Waals surface area contributed by atoms with Gasteiger partial charge in [-0.05, 0) is 47.5 Å². The highest BCUT2D eigenvalue weighted by Gasteiger charge is 2.32. The van der Waals surface area contributed by atoms with Gasteiger partial charge in [-0.1, -0.05) is 72.3 Å². The van der Waals surface area contributed by atoms with Crippen LogP contribution in [0.1, 0.15) is 22.9 Å². The Balaban J connectivity index is 1.64. The van der Waals surface area contributed by atoms with Crippen LogP contribution in [0.2, 0.25) is 5.02 Å². The third kappa shape index (κ3) is 7.11. The van der Waals surface area contributed by atoms with Crippen molar-refractivity contribution in [3.8, 4) is 11.5 Å². The molecular weight excluding hydrogens is 502 g/mol. The van der Waals surface area contributed by atoms with Gasteiger partial charge in [-0.15, -0.1) is 0 Å². The van der Waals surface area contributed by atoms with Gasteiger partial charge in [-0.2, -0.15) is 0 Å². The first-order chi connectivity index (χ1) is 18.5. The molecule has 38 heavy (non-hydrogen) atoms. The van der Waals surface area contributed by atoms with Crippen LogP contribution in [-0.2, 0) is 22.7 Å². The number of amides is 2. The second-order valence-electron chi connectivity index (χ2n) is 8.44. The van der Waals surface area contributed by atoms with Crippen molar-refractivity contribution in [2.45, 2.75) is 19.1 Å². The van der Waals surface area contributed by atoms with Crippen LogP contribution >= 0.6 is 11.6 Å². The molecule has 4 aromatic rings. The van der Waals surface area contributed by atoms with E-state index in [0.717, 1.165) is 5.56 Å². The van der Waals surface area contributed by atoms with Crippen molar-refractivity contribution < 1.29 is 19.1 Å². The maximum atomic E-state index is 13.7. The number of nitrogens with zero attached hydrogens (tertiary/aromatic N) is 2. The second-order valence-corrected chi connectivity index (χ2v) is 8.85. The number of rotatable bonds is 11. The third-order valence-corrected chi connectivity index (χ3v) is 6.18. The number of halogens is 1. The summed E-state index contributed by atoms with van der Waals surface area (Å²) in [5.74, 6) is 0.383. The summed E-state index contributed by atoms with van der Waals surface area (Å²) in [4.78, 5) is 33.2. The van der Waals surface area contributed by atoms with E-state index in [1.54, 1.807) is 37.6 Å². The third-order valence-electron chi connectivity index (χ3n) is 5.87. The molecule has 8 heteroatoms. The predicted molar refractivity (Wildman–Crippen MR) is 146 cm³/mol. The van der Waals surface area contributed by atoms with Crippen LogP contribution in [-0.4, -0.2) is 35.4 Å². The van der Waals surface area contributed by atoms with E-state index in [0.29, 0.717) is 27.8 Å². The van der Waals surface area contributed by atoms with Crippen LogP contribution in [0.25, 0.3) is 0 Å². The molecule has 0 saturated carbocycles. The Bertz CT molecular complexity index is 1330. The number of benzene rings is 3. The Kier molecular flexibility index (Phi) is 9.32. The van der Waals surface area contributed by atoms with E-state index in [2.05, 4.69) is 10.3 Å². The van der Waals surface area contributed by atoms with Gasteiger partial charge in [0.2, 0.25) is 5.91 Å². The topological polar surface area (TPSA) is 80.8 Å². The van der Waals surface area contributed by atoms with Crippen molar-refractivity contribution in [3.63, 3.8) is 0 Å². The maximum absolute atomic E-state index is 13.7. The maximum Gasteiger partial charge on any atom is 0.261 e. The number of aromatic nitrogens is 1. The Morgan fingerprint density at radius 1 is 0.921 bits per heavy atom. The van der Waals surface area contributed by atoms with Crippen LogP contribution in [0.15, 0.2) is 103 Å². The van der Waals surface area contributed by atoms with Gasteiger partial charge < -0.3 is 19.7 Å². The molecule has 1 aromatic heterocycles. The van der Waals surface area contributed by atoms with Crippen molar-refractivity contribution in [1.82, 2.24) is 15.2 Å². The number of nitrogens with one attached hydrogen (secondary N) is 1. The monoisotopic (exact) mass is 529 g/mol. The molecule has 7 nitrogen and oxygen atoms in total. The summed E-state index contributed by atoms with van der Waals surface area (Å²) in [7, 11) is 1.59. The van der Waals surface area contributed by atoms with Gasteiger partial charge in [-0.25, -0.2) is 0 Å². The average molecular weight is 530 g/mol. The van der Waals surface area contributed by atoms with Crippen LogP contribution in [0, 0.1) is 0 Å². The zero-order chi connectivity index (χ0) is 26.7. The molecule has 0 spiro atoms. The van der Waals surface area contributed by atoms with E-state index >= 15 is 0 Å². The molecular formula is C30H28ClN3O4. The van der Waals surface area contributed by atoms with Crippen molar-refractivity contribution >= 4 is 23.4 Å². The van der Waals surface area contributed by atoms with Crippen LogP contribution in [0.4, 0.5) is 0 Å². The molecule has 1 N–H and O–H groups in total. The number of carbonyl (C=O) groups excluding carboxylic acids is 2. The molecule has 1 heterocycles. The average Bonchev–Trinajstić information content (AvgIpc) is 2.96. The summed E-state index contributed by atoms with van der Waals surface area (Å²) in [6.45, 7) is 0.103. The fraction of sp³-hybridized carbons (Fsp3) is 0.167. The fourth-order valence-electron chi connectivity index (χ4n) is 3.92. The Morgan fingerprint density at radius 3 is 2.32 bits per heavy atom. The van der Waals surface area contributed by atoms with E-state index in [9.17, 15) is 9.59 Å². The minimum atomic E-state index is -0.913. The number of ether oxygens (including phenoxy) is 2. The molecule has 1 atom stereocenters. The fourth-order valence-corrected chi connectivity index (χ4v) is 4.11. The molecule has 0 bridgehead atoms. The van der Waals surface area contributed by atoms with Gasteiger partial charge in [0, 0.05) is 12.7 Å². The molecule has 3 aromatic carbocycles. The lowest BCUT2D eigenvalue weighted by atomic mass is 10.0. The first-order valence-corrected chi connectivity index (χ1v) is 12.4. The summed E-state index contributed by atoms with van der Waals surface area (Å²) in [6.07, 6.45) is 1.67. The molecule has 0 saturated heterocycles. The molecule has 194 valence electrons. The molecule has 0 aliphatic carbocycles. The molecule has 0 fully saturated rings. The lowest BCUT2D eigenvalue weighted by molar-refractivity contribution is -0.143. The first kappa shape index (κ1) is 26.7. The van der Waals surface area contributed by atoms with Crippen LogP contribution in [0.5, 0.6) is 11.5 Å². The van der Waals surface area contributed by atoms with Gasteiger partial charge >= 0.3 is 0 Å². The number of para-hydroxylation sites is 1. The molecule has 0 aliphatic rings. The van der Waals surface area contributed by atoms with E-state index < -0.39 is 6.04 Å². The van der Waals surface area contributed by atoms with Gasteiger partial charge in [-0.3, -0.25) is 14.6 Å². The standard InChI is InChI=1S/C30H28ClN3O4/c1-37-25-16-14-22(15-17-25)20-34(28(35)21-38-27-13-6-5-12-26(27)31)29(23-9-3-2-4-10-23)30(36)33-19-24-11-7-8-18-32-24/h2-18,29H,19-21H2,1H3,(H,33,36)/t29-/m0/s1. The zero-order valence-corrected chi connectivity index (χ0v) is 21.7. The number of carbonyl (C=O) groups is 2.